The van der Waals surface area contributed by atoms with Crippen LogP contribution in [0.15, 0.2) is 6.07 Å². The van der Waals surface area contributed by atoms with Crippen molar-refractivity contribution >= 4 is 5.82 Å². The van der Waals surface area contributed by atoms with Crippen LogP contribution in [0.5, 0.6) is 0 Å². The lowest BCUT2D eigenvalue weighted by Gasteiger charge is -2.11. The first-order valence-corrected chi connectivity index (χ1v) is 6.05. The van der Waals surface area contributed by atoms with Crippen LogP contribution in [0.3, 0.4) is 0 Å². The van der Waals surface area contributed by atoms with Gasteiger partial charge in [-0.25, -0.2) is 4.68 Å². The van der Waals surface area contributed by atoms with E-state index in [1.54, 1.807) is 0 Å². The molecular weight excluding hydrogens is 186 g/mol. The van der Waals surface area contributed by atoms with Gasteiger partial charge in [-0.05, 0) is 33.1 Å². The molecule has 0 atom stereocenters. The van der Waals surface area contributed by atoms with Gasteiger partial charge < -0.3 is 5.32 Å². The van der Waals surface area contributed by atoms with E-state index in [1.807, 2.05) is 0 Å². The van der Waals surface area contributed by atoms with Crippen LogP contribution in [-0.2, 0) is 6.54 Å². The fraction of sp³-hybridized carbons (Fsp3) is 0.750. The second-order valence-corrected chi connectivity index (χ2v) is 4.75. The Bertz CT molecular complexity index is 324. The van der Waals surface area contributed by atoms with E-state index in [9.17, 15) is 0 Å². The van der Waals surface area contributed by atoms with Crippen molar-refractivity contribution in [2.24, 2.45) is 0 Å². The molecule has 1 aromatic heterocycles. The fourth-order valence-corrected chi connectivity index (χ4v) is 1.81. The van der Waals surface area contributed by atoms with Crippen molar-refractivity contribution in [1.82, 2.24) is 9.78 Å². The molecule has 1 saturated carbocycles. The molecule has 1 aliphatic carbocycles. The summed E-state index contributed by atoms with van der Waals surface area (Å²) in [7, 11) is 0. The van der Waals surface area contributed by atoms with Crippen LogP contribution in [0.4, 0.5) is 5.82 Å². The molecule has 0 aliphatic heterocycles. The molecule has 3 nitrogen and oxygen atoms in total. The zero-order chi connectivity index (χ0) is 10.8. The van der Waals surface area contributed by atoms with E-state index < -0.39 is 0 Å². The molecule has 1 aromatic rings. The van der Waals surface area contributed by atoms with E-state index in [0.717, 1.165) is 18.9 Å². The Balaban J connectivity index is 2.16. The highest BCUT2D eigenvalue weighted by molar-refractivity contribution is 5.39. The summed E-state index contributed by atoms with van der Waals surface area (Å²) in [5.41, 5.74) is 1.28. The maximum absolute atomic E-state index is 4.67. The highest BCUT2D eigenvalue weighted by atomic mass is 15.3. The van der Waals surface area contributed by atoms with Crippen LogP contribution in [0.2, 0.25) is 0 Å². The minimum atomic E-state index is 0.476. The van der Waals surface area contributed by atoms with Gasteiger partial charge in [-0.15, -0.1) is 0 Å². The number of aromatic nitrogens is 2. The molecule has 1 aliphatic rings. The maximum Gasteiger partial charge on any atom is 0.124 e. The highest BCUT2D eigenvalue weighted by Crippen LogP contribution is 2.40. The number of nitrogens with one attached hydrogen (secondary N) is 1. The Labute approximate surface area is 91.9 Å². The molecule has 84 valence electrons. The predicted octanol–water partition coefficient (Wildman–Crippen LogP) is 2.99. The summed E-state index contributed by atoms with van der Waals surface area (Å²) in [4.78, 5) is 0. The topological polar surface area (TPSA) is 29.9 Å². The van der Waals surface area contributed by atoms with E-state index in [-0.39, 0.29) is 0 Å². The van der Waals surface area contributed by atoms with E-state index >= 15 is 0 Å². The molecule has 2 rings (SSSR count). The summed E-state index contributed by atoms with van der Waals surface area (Å²) in [5.74, 6) is 1.93. The number of hydrogen-bond acceptors (Lipinski definition) is 2. The van der Waals surface area contributed by atoms with E-state index in [1.165, 1.54) is 24.4 Å². The van der Waals surface area contributed by atoms with E-state index in [0.29, 0.717) is 6.04 Å². The molecule has 0 aromatic carbocycles. The number of hydrogen-bond donors (Lipinski definition) is 1. The molecule has 0 bridgehead atoms. The molecule has 0 spiro atoms. The third kappa shape index (κ3) is 2.52. The lowest BCUT2D eigenvalue weighted by molar-refractivity contribution is 0.596. The molecule has 15 heavy (non-hydrogen) atoms. The summed E-state index contributed by atoms with van der Waals surface area (Å²) in [6.07, 6.45) is 3.78. The predicted molar refractivity (Wildman–Crippen MR) is 63.3 cm³/mol. The molecule has 1 N–H and O–H groups in total. The first kappa shape index (κ1) is 10.5. The number of rotatable bonds is 5. The second kappa shape index (κ2) is 4.25. The molecule has 1 fully saturated rings. The quantitative estimate of drug-likeness (QED) is 0.804. The molecule has 1 heterocycles. The Hall–Kier alpha value is -0.990. The number of nitrogens with zero attached hydrogens (tertiary/aromatic N) is 2. The van der Waals surface area contributed by atoms with Crippen LogP contribution < -0.4 is 5.32 Å². The monoisotopic (exact) mass is 207 g/mol. The van der Waals surface area contributed by atoms with Gasteiger partial charge in [0.05, 0.1) is 5.69 Å². The van der Waals surface area contributed by atoms with Crippen molar-refractivity contribution in [3.05, 3.63) is 11.8 Å². The van der Waals surface area contributed by atoms with Crippen molar-refractivity contribution in [2.75, 3.05) is 5.32 Å². The first-order valence-electron chi connectivity index (χ1n) is 6.05. The largest absolute Gasteiger partial charge is 0.368 e. The standard InChI is InChI=1S/C12H21N3/c1-4-7-15-12(13-9(2)3)8-11(14-15)10-5-6-10/h8-10,13H,4-7H2,1-3H3. The summed E-state index contributed by atoms with van der Waals surface area (Å²) < 4.78 is 2.12. The van der Waals surface area contributed by atoms with Gasteiger partial charge in [0, 0.05) is 24.6 Å². The van der Waals surface area contributed by atoms with Crippen molar-refractivity contribution in [2.45, 2.75) is 58.5 Å². The van der Waals surface area contributed by atoms with Crippen molar-refractivity contribution in [3.8, 4) is 0 Å². The summed E-state index contributed by atoms with van der Waals surface area (Å²) in [6, 6.07) is 2.71. The van der Waals surface area contributed by atoms with Crippen LogP contribution in [-0.4, -0.2) is 15.8 Å². The molecule has 3 heteroatoms. The van der Waals surface area contributed by atoms with Gasteiger partial charge >= 0.3 is 0 Å². The molecular formula is C12H21N3. The Kier molecular flexibility index (Phi) is 2.98. The van der Waals surface area contributed by atoms with Crippen LogP contribution in [0.1, 0.15) is 51.6 Å². The molecule has 0 radical (unpaired) electrons. The van der Waals surface area contributed by atoms with Crippen LogP contribution in [0.25, 0.3) is 0 Å². The Morgan fingerprint density at radius 2 is 2.27 bits per heavy atom. The summed E-state index contributed by atoms with van der Waals surface area (Å²) in [5, 5.41) is 8.13. The SMILES string of the molecule is CCCn1nc(C2CC2)cc1NC(C)C. The van der Waals surface area contributed by atoms with Crippen molar-refractivity contribution < 1.29 is 0 Å². The van der Waals surface area contributed by atoms with Crippen molar-refractivity contribution in [1.29, 1.82) is 0 Å². The lowest BCUT2D eigenvalue weighted by Crippen LogP contribution is -2.14. The molecule has 0 unspecified atom stereocenters. The van der Waals surface area contributed by atoms with Crippen LogP contribution >= 0.6 is 0 Å². The third-order valence-electron chi connectivity index (χ3n) is 2.67. The smallest absolute Gasteiger partial charge is 0.124 e. The first-order chi connectivity index (χ1) is 7.20. The fourth-order valence-electron chi connectivity index (χ4n) is 1.81. The number of anilines is 1. The van der Waals surface area contributed by atoms with Crippen LogP contribution in [0, 0.1) is 0 Å². The van der Waals surface area contributed by atoms with E-state index in [4.69, 9.17) is 0 Å². The Morgan fingerprint density at radius 1 is 1.53 bits per heavy atom. The van der Waals surface area contributed by atoms with Crippen molar-refractivity contribution in [3.63, 3.8) is 0 Å². The second-order valence-electron chi connectivity index (χ2n) is 4.75. The van der Waals surface area contributed by atoms with Gasteiger partial charge in [0.25, 0.3) is 0 Å². The average Bonchev–Trinajstić information content (AvgIpc) is 2.92. The third-order valence-corrected chi connectivity index (χ3v) is 2.67. The summed E-state index contributed by atoms with van der Waals surface area (Å²) in [6.45, 7) is 7.54. The molecule has 0 saturated heterocycles. The van der Waals surface area contributed by atoms with Gasteiger partial charge in [-0.2, -0.15) is 5.10 Å². The zero-order valence-corrected chi connectivity index (χ0v) is 9.95. The van der Waals surface area contributed by atoms with Gasteiger partial charge in [-0.3, -0.25) is 0 Å². The molecule has 0 amide bonds. The Morgan fingerprint density at radius 3 is 2.80 bits per heavy atom. The average molecular weight is 207 g/mol. The number of aryl methyl sites for hydroxylation is 1. The van der Waals surface area contributed by atoms with Gasteiger partial charge in [0.2, 0.25) is 0 Å². The minimum absolute atomic E-state index is 0.476. The van der Waals surface area contributed by atoms with Gasteiger partial charge in [0.1, 0.15) is 5.82 Å². The lowest BCUT2D eigenvalue weighted by atomic mass is 10.3. The normalized spacial score (nSPS) is 16.0. The highest BCUT2D eigenvalue weighted by Gasteiger charge is 2.27. The summed E-state index contributed by atoms with van der Waals surface area (Å²) >= 11 is 0. The zero-order valence-electron chi connectivity index (χ0n) is 9.95. The van der Waals surface area contributed by atoms with Gasteiger partial charge in [-0.1, -0.05) is 6.92 Å². The maximum atomic E-state index is 4.67. The van der Waals surface area contributed by atoms with Gasteiger partial charge in [0.15, 0.2) is 0 Å². The minimum Gasteiger partial charge on any atom is -0.368 e. The van der Waals surface area contributed by atoms with E-state index in [2.05, 4.69) is 41.9 Å².